The number of hydrogen-bond donors (Lipinski definition) is 0. The van der Waals surface area contributed by atoms with Gasteiger partial charge in [-0.1, -0.05) is 0 Å². The van der Waals surface area contributed by atoms with Crippen LogP contribution < -0.4 is 5.56 Å². The molecule has 0 bridgehead atoms. The molecule has 1 heterocycles. The van der Waals surface area contributed by atoms with Gasteiger partial charge in [-0.3, -0.25) is 4.79 Å². The van der Waals surface area contributed by atoms with E-state index in [0.29, 0.717) is 13.0 Å². The Balaban J connectivity index is 2.86. The molecule has 1 aromatic heterocycles. The quantitative estimate of drug-likeness (QED) is 0.600. The third kappa shape index (κ3) is 2.02. The van der Waals surface area contributed by atoms with Gasteiger partial charge in [0, 0.05) is 12.5 Å². The Morgan fingerprint density at radius 1 is 1.67 bits per heavy atom. The summed E-state index contributed by atoms with van der Waals surface area (Å²) in [6, 6.07) is 1.50. The predicted molar refractivity (Wildman–Crippen MR) is 43.9 cm³/mol. The van der Waals surface area contributed by atoms with Crippen LogP contribution in [0.25, 0.3) is 0 Å². The summed E-state index contributed by atoms with van der Waals surface area (Å²) in [4.78, 5) is 21.1. The molecule has 12 heavy (non-hydrogen) atoms. The molecule has 0 aliphatic heterocycles. The molecule has 0 spiro atoms. The first-order valence-corrected chi connectivity index (χ1v) is 3.71. The number of aromatic nitrogens is 2. The Hall–Kier alpha value is -1.45. The fraction of sp³-hybridized carbons (Fsp3) is 0.375. The van der Waals surface area contributed by atoms with E-state index in [1.165, 1.54) is 10.7 Å². The zero-order valence-corrected chi connectivity index (χ0v) is 6.86. The number of aryl methyl sites for hydroxylation is 2. The van der Waals surface area contributed by atoms with Crippen molar-refractivity contribution in [2.24, 2.45) is 0 Å². The maximum Gasteiger partial charge on any atom is 0.266 e. The summed E-state index contributed by atoms with van der Waals surface area (Å²) in [5.74, 6) is 0. The number of carbonyl (C=O) groups is 1. The second kappa shape index (κ2) is 3.80. The van der Waals surface area contributed by atoms with E-state index in [0.717, 1.165) is 11.8 Å². The standard InChI is InChI=1S/C8H10N2O2/c1-7-5-8(12)10(9-6-7)3-2-4-11/h4-6H,2-3H2,1H3. The molecule has 0 saturated heterocycles. The molecule has 0 radical (unpaired) electrons. The van der Waals surface area contributed by atoms with Gasteiger partial charge in [-0.25, -0.2) is 4.68 Å². The molecule has 64 valence electrons. The number of aldehydes is 1. The molecule has 0 saturated carbocycles. The monoisotopic (exact) mass is 166 g/mol. The van der Waals surface area contributed by atoms with Crippen molar-refractivity contribution in [3.63, 3.8) is 0 Å². The largest absolute Gasteiger partial charge is 0.303 e. The van der Waals surface area contributed by atoms with Crippen molar-refractivity contribution in [1.82, 2.24) is 9.78 Å². The second-order valence-electron chi connectivity index (χ2n) is 2.55. The van der Waals surface area contributed by atoms with Crippen LogP contribution in [0.3, 0.4) is 0 Å². The van der Waals surface area contributed by atoms with Crippen LogP contribution in [0.1, 0.15) is 12.0 Å². The van der Waals surface area contributed by atoms with Crippen LogP contribution in [-0.4, -0.2) is 16.1 Å². The van der Waals surface area contributed by atoms with Crippen molar-refractivity contribution in [1.29, 1.82) is 0 Å². The van der Waals surface area contributed by atoms with Gasteiger partial charge in [-0.15, -0.1) is 0 Å². The zero-order chi connectivity index (χ0) is 8.97. The number of hydrogen-bond acceptors (Lipinski definition) is 3. The first-order valence-electron chi connectivity index (χ1n) is 3.71. The van der Waals surface area contributed by atoms with E-state index in [4.69, 9.17) is 0 Å². The van der Waals surface area contributed by atoms with Gasteiger partial charge in [-0.05, 0) is 12.5 Å². The average molecular weight is 166 g/mol. The molecule has 0 fully saturated rings. The van der Waals surface area contributed by atoms with Crippen LogP contribution in [0.4, 0.5) is 0 Å². The van der Waals surface area contributed by atoms with Crippen molar-refractivity contribution < 1.29 is 4.79 Å². The molecule has 0 aliphatic carbocycles. The Bertz CT molecular complexity index is 330. The minimum Gasteiger partial charge on any atom is -0.303 e. The smallest absolute Gasteiger partial charge is 0.266 e. The average Bonchev–Trinajstić information content (AvgIpc) is 2.03. The van der Waals surface area contributed by atoms with Gasteiger partial charge >= 0.3 is 0 Å². The number of carbonyl (C=O) groups excluding carboxylic acids is 1. The highest BCUT2D eigenvalue weighted by Gasteiger charge is 1.95. The fourth-order valence-electron chi connectivity index (χ4n) is 0.867. The van der Waals surface area contributed by atoms with Crippen LogP contribution in [0.2, 0.25) is 0 Å². The highest BCUT2D eigenvalue weighted by atomic mass is 16.1. The molecule has 0 atom stereocenters. The molecule has 4 heteroatoms. The van der Waals surface area contributed by atoms with Gasteiger partial charge in [0.15, 0.2) is 0 Å². The van der Waals surface area contributed by atoms with Crippen molar-refractivity contribution in [3.8, 4) is 0 Å². The molecule has 1 aromatic rings. The summed E-state index contributed by atoms with van der Waals surface area (Å²) in [6.07, 6.45) is 2.70. The molecule has 0 unspecified atom stereocenters. The van der Waals surface area contributed by atoms with Crippen molar-refractivity contribution in [2.75, 3.05) is 0 Å². The van der Waals surface area contributed by atoms with Crippen molar-refractivity contribution in [3.05, 3.63) is 28.2 Å². The third-order valence-electron chi connectivity index (χ3n) is 1.47. The maximum absolute atomic E-state index is 11.1. The second-order valence-corrected chi connectivity index (χ2v) is 2.55. The van der Waals surface area contributed by atoms with Gasteiger partial charge < -0.3 is 4.79 Å². The summed E-state index contributed by atoms with van der Waals surface area (Å²) in [6.45, 7) is 2.17. The summed E-state index contributed by atoms with van der Waals surface area (Å²) in [5.41, 5.74) is 0.680. The third-order valence-corrected chi connectivity index (χ3v) is 1.47. The molecular formula is C8H10N2O2. The first kappa shape index (κ1) is 8.64. The van der Waals surface area contributed by atoms with E-state index in [-0.39, 0.29) is 5.56 Å². The molecule has 4 nitrogen and oxygen atoms in total. The van der Waals surface area contributed by atoms with Crippen LogP contribution in [0, 0.1) is 6.92 Å². The van der Waals surface area contributed by atoms with E-state index < -0.39 is 0 Å². The molecule has 0 amide bonds. The summed E-state index contributed by atoms with van der Waals surface area (Å²) in [7, 11) is 0. The number of rotatable bonds is 3. The van der Waals surface area contributed by atoms with Crippen molar-refractivity contribution >= 4 is 6.29 Å². The van der Waals surface area contributed by atoms with E-state index >= 15 is 0 Å². The Labute approximate surface area is 69.8 Å². The lowest BCUT2D eigenvalue weighted by Gasteiger charge is -1.99. The van der Waals surface area contributed by atoms with Crippen molar-refractivity contribution in [2.45, 2.75) is 19.9 Å². The van der Waals surface area contributed by atoms with Gasteiger partial charge in [-0.2, -0.15) is 5.10 Å². The van der Waals surface area contributed by atoms with Gasteiger partial charge in [0.2, 0.25) is 0 Å². The highest BCUT2D eigenvalue weighted by molar-refractivity contribution is 5.48. The Morgan fingerprint density at radius 2 is 2.42 bits per heavy atom. The van der Waals surface area contributed by atoms with Gasteiger partial charge in [0.25, 0.3) is 5.56 Å². The normalized spacial score (nSPS) is 9.75. The summed E-state index contributed by atoms with van der Waals surface area (Å²) < 4.78 is 1.28. The Morgan fingerprint density at radius 3 is 3.00 bits per heavy atom. The lowest BCUT2D eigenvalue weighted by atomic mass is 10.3. The first-order chi connectivity index (χ1) is 5.74. The van der Waals surface area contributed by atoms with Crippen LogP contribution in [0.15, 0.2) is 17.1 Å². The molecule has 0 N–H and O–H groups in total. The molecular weight excluding hydrogens is 156 g/mol. The van der Waals surface area contributed by atoms with Gasteiger partial charge in [0.1, 0.15) is 6.29 Å². The lowest BCUT2D eigenvalue weighted by molar-refractivity contribution is -0.108. The highest BCUT2D eigenvalue weighted by Crippen LogP contribution is 1.87. The van der Waals surface area contributed by atoms with E-state index in [1.54, 1.807) is 13.1 Å². The van der Waals surface area contributed by atoms with Crippen LogP contribution in [0.5, 0.6) is 0 Å². The molecule has 0 aromatic carbocycles. The predicted octanol–water partition coefficient (Wildman–Crippen LogP) is 0.141. The van der Waals surface area contributed by atoms with E-state index in [2.05, 4.69) is 5.10 Å². The summed E-state index contributed by atoms with van der Waals surface area (Å²) >= 11 is 0. The zero-order valence-electron chi connectivity index (χ0n) is 6.86. The fourth-order valence-corrected chi connectivity index (χ4v) is 0.867. The molecule has 1 rings (SSSR count). The minimum absolute atomic E-state index is 0.156. The maximum atomic E-state index is 11.1. The molecule has 0 aliphatic rings. The Kier molecular flexibility index (Phi) is 2.74. The van der Waals surface area contributed by atoms with Crippen LogP contribution in [-0.2, 0) is 11.3 Å². The number of nitrogens with zero attached hydrogens (tertiary/aromatic N) is 2. The van der Waals surface area contributed by atoms with E-state index in [1.807, 2.05) is 0 Å². The van der Waals surface area contributed by atoms with Gasteiger partial charge in [0.05, 0.1) is 12.7 Å². The SMILES string of the molecule is Cc1cnn(CCC=O)c(=O)c1. The minimum atomic E-state index is -0.156. The lowest BCUT2D eigenvalue weighted by Crippen LogP contribution is -2.22. The van der Waals surface area contributed by atoms with E-state index in [9.17, 15) is 9.59 Å². The topological polar surface area (TPSA) is 52.0 Å². The summed E-state index contributed by atoms with van der Waals surface area (Å²) in [5, 5.41) is 3.86. The van der Waals surface area contributed by atoms with Crippen LogP contribution >= 0.6 is 0 Å².